The molecule has 0 aromatic heterocycles. The summed E-state index contributed by atoms with van der Waals surface area (Å²) in [5.74, 6) is 0.0493. The van der Waals surface area contributed by atoms with Crippen LogP contribution < -0.4 is 21.6 Å². The molecule has 0 spiro atoms. The van der Waals surface area contributed by atoms with Crippen LogP contribution in [0.2, 0.25) is 0 Å². The number of carbonyl (C=O) groups is 2. The van der Waals surface area contributed by atoms with E-state index in [1.807, 2.05) is 11.2 Å². The highest BCUT2D eigenvalue weighted by Crippen LogP contribution is 2.41. The van der Waals surface area contributed by atoms with Gasteiger partial charge in [0.25, 0.3) is 5.91 Å². The molecule has 30 heavy (non-hydrogen) atoms. The Labute approximate surface area is 176 Å². The summed E-state index contributed by atoms with van der Waals surface area (Å²) >= 11 is 0. The van der Waals surface area contributed by atoms with Gasteiger partial charge in [-0.05, 0) is 55.9 Å². The number of hydrogen-bond acceptors (Lipinski definition) is 6. The maximum absolute atomic E-state index is 13.0. The third-order valence-corrected chi connectivity index (χ3v) is 6.19. The number of amides is 2. The van der Waals surface area contributed by atoms with Gasteiger partial charge in [0.2, 0.25) is 5.91 Å². The van der Waals surface area contributed by atoms with Crippen molar-refractivity contribution in [2.24, 2.45) is 5.92 Å². The molecule has 0 unspecified atom stereocenters. The third kappa shape index (κ3) is 4.26. The number of carbonyl (C=O) groups excluding carboxylic acids is 2. The van der Waals surface area contributed by atoms with Crippen LogP contribution in [-0.4, -0.2) is 28.4 Å². The fraction of sp³-hybridized carbons (Fsp3) is 0.500. The number of nitrogens with one attached hydrogen (secondary N) is 4. The molecule has 2 saturated carbocycles. The number of nitrogens with zero attached hydrogens (tertiary/aromatic N) is 2. The lowest BCUT2D eigenvalue weighted by Gasteiger charge is -2.31. The first kappa shape index (κ1) is 20.2. The fourth-order valence-corrected chi connectivity index (χ4v) is 4.29. The predicted octanol–water partition coefficient (Wildman–Crippen LogP) is 2.55. The number of benzene rings is 1. The SMILES string of the molecule is CC(=O)Nc1ccc(C(=O)N[C@H](C2=CN(C3(C#N)CC3)NN2)C2CCCCC2)cc1. The lowest BCUT2D eigenvalue weighted by Crippen LogP contribution is -2.48. The average Bonchev–Trinajstić information content (AvgIpc) is 3.41. The van der Waals surface area contributed by atoms with Gasteiger partial charge in [-0.2, -0.15) is 5.26 Å². The molecule has 1 heterocycles. The number of nitriles is 1. The second kappa shape index (κ2) is 8.36. The third-order valence-electron chi connectivity index (χ3n) is 6.19. The summed E-state index contributed by atoms with van der Waals surface area (Å²) in [6, 6.07) is 9.12. The van der Waals surface area contributed by atoms with Crippen LogP contribution in [0.1, 0.15) is 62.2 Å². The Morgan fingerprint density at radius 2 is 1.90 bits per heavy atom. The van der Waals surface area contributed by atoms with Gasteiger partial charge in [-0.1, -0.05) is 19.3 Å². The minimum absolute atomic E-state index is 0.147. The molecule has 4 rings (SSSR count). The maximum atomic E-state index is 13.0. The first-order valence-corrected chi connectivity index (χ1v) is 10.6. The minimum Gasteiger partial charge on any atom is -0.343 e. The molecule has 8 heteroatoms. The topological polar surface area (TPSA) is 109 Å². The van der Waals surface area contributed by atoms with Gasteiger partial charge in [-0.15, -0.1) is 5.53 Å². The van der Waals surface area contributed by atoms with Crippen molar-refractivity contribution in [2.45, 2.75) is 63.5 Å². The van der Waals surface area contributed by atoms with E-state index in [-0.39, 0.29) is 17.9 Å². The Balaban J connectivity index is 1.50. The Bertz CT molecular complexity index is 878. The summed E-state index contributed by atoms with van der Waals surface area (Å²) in [4.78, 5) is 24.2. The molecule has 3 aliphatic rings. The van der Waals surface area contributed by atoms with E-state index in [9.17, 15) is 14.9 Å². The molecule has 2 aliphatic carbocycles. The number of hydrazine groups is 2. The normalized spacial score (nSPS) is 21.1. The van der Waals surface area contributed by atoms with Crippen LogP contribution in [0, 0.1) is 17.2 Å². The molecule has 1 aliphatic heterocycles. The summed E-state index contributed by atoms with van der Waals surface area (Å²) in [7, 11) is 0. The van der Waals surface area contributed by atoms with Crippen LogP contribution >= 0.6 is 0 Å². The molecule has 0 saturated heterocycles. The monoisotopic (exact) mass is 408 g/mol. The maximum Gasteiger partial charge on any atom is 0.251 e. The molecular formula is C22H28N6O2. The van der Waals surface area contributed by atoms with Crippen molar-refractivity contribution < 1.29 is 9.59 Å². The lowest BCUT2D eigenvalue weighted by atomic mass is 9.82. The smallest absolute Gasteiger partial charge is 0.251 e. The van der Waals surface area contributed by atoms with Crippen LogP contribution in [0.5, 0.6) is 0 Å². The Hall–Kier alpha value is -3.05. The first-order chi connectivity index (χ1) is 14.5. The number of hydrogen-bond donors (Lipinski definition) is 4. The summed E-state index contributed by atoms with van der Waals surface area (Å²) in [6.45, 7) is 1.45. The van der Waals surface area contributed by atoms with Gasteiger partial charge in [-0.25, -0.2) is 0 Å². The molecule has 0 bridgehead atoms. The van der Waals surface area contributed by atoms with Crippen molar-refractivity contribution in [1.29, 1.82) is 5.26 Å². The molecule has 1 aromatic carbocycles. The van der Waals surface area contributed by atoms with Crippen LogP contribution in [0.4, 0.5) is 5.69 Å². The zero-order valence-corrected chi connectivity index (χ0v) is 17.2. The minimum atomic E-state index is -0.477. The number of rotatable bonds is 6. The van der Waals surface area contributed by atoms with E-state index in [1.165, 1.54) is 13.3 Å². The van der Waals surface area contributed by atoms with Gasteiger partial charge >= 0.3 is 0 Å². The van der Waals surface area contributed by atoms with E-state index >= 15 is 0 Å². The molecule has 8 nitrogen and oxygen atoms in total. The van der Waals surface area contributed by atoms with Crippen LogP contribution in [0.25, 0.3) is 0 Å². The quantitative estimate of drug-likeness (QED) is 0.576. The van der Waals surface area contributed by atoms with E-state index in [2.05, 4.69) is 27.7 Å². The van der Waals surface area contributed by atoms with E-state index in [1.54, 1.807) is 24.3 Å². The highest BCUT2D eigenvalue weighted by atomic mass is 16.2. The molecule has 1 aromatic rings. The molecule has 2 fully saturated rings. The van der Waals surface area contributed by atoms with Gasteiger partial charge in [0.1, 0.15) is 5.54 Å². The van der Waals surface area contributed by atoms with Crippen LogP contribution in [0.3, 0.4) is 0 Å². The van der Waals surface area contributed by atoms with Gasteiger partial charge < -0.3 is 16.1 Å². The summed E-state index contributed by atoms with van der Waals surface area (Å²) in [5, 5.41) is 17.2. The van der Waals surface area contributed by atoms with E-state index in [4.69, 9.17) is 0 Å². The molecule has 1 atom stereocenters. The first-order valence-electron chi connectivity index (χ1n) is 10.6. The zero-order valence-electron chi connectivity index (χ0n) is 17.2. The zero-order chi connectivity index (χ0) is 21.1. The second-order valence-electron chi connectivity index (χ2n) is 8.44. The largest absolute Gasteiger partial charge is 0.343 e. The van der Waals surface area contributed by atoms with Gasteiger partial charge in [0, 0.05) is 24.4 Å². The van der Waals surface area contributed by atoms with Gasteiger partial charge in [0.15, 0.2) is 0 Å². The van der Waals surface area contributed by atoms with Crippen molar-refractivity contribution >= 4 is 17.5 Å². The van der Waals surface area contributed by atoms with Crippen molar-refractivity contribution in [3.63, 3.8) is 0 Å². The van der Waals surface area contributed by atoms with Crippen molar-refractivity contribution in [1.82, 2.24) is 21.3 Å². The van der Waals surface area contributed by atoms with E-state index < -0.39 is 5.54 Å². The Morgan fingerprint density at radius 3 is 2.50 bits per heavy atom. The standard InChI is InChI=1S/C22H28N6O2/c1-15(29)24-18-9-7-17(8-10-18)21(30)25-20(16-5-3-2-4-6-16)19-13-28(27-26-19)22(14-23)11-12-22/h7-10,13,16,20,26-27H,2-6,11-12H2,1H3,(H,24,29)(H,25,30)/t20-/m0/s1. The Morgan fingerprint density at radius 1 is 1.20 bits per heavy atom. The fourth-order valence-electron chi connectivity index (χ4n) is 4.29. The molecular weight excluding hydrogens is 380 g/mol. The molecule has 158 valence electrons. The summed E-state index contributed by atoms with van der Waals surface area (Å²) in [5.41, 5.74) is 7.92. The lowest BCUT2D eigenvalue weighted by molar-refractivity contribution is -0.114. The van der Waals surface area contributed by atoms with Crippen LogP contribution in [-0.2, 0) is 4.79 Å². The Kier molecular flexibility index (Phi) is 5.64. The predicted molar refractivity (Wildman–Crippen MR) is 112 cm³/mol. The average molecular weight is 409 g/mol. The van der Waals surface area contributed by atoms with E-state index in [0.717, 1.165) is 44.2 Å². The van der Waals surface area contributed by atoms with Crippen molar-refractivity contribution in [2.75, 3.05) is 5.32 Å². The summed E-state index contributed by atoms with van der Waals surface area (Å²) in [6.07, 6.45) is 9.30. The second-order valence-corrected chi connectivity index (χ2v) is 8.44. The van der Waals surface area contributed by atoms with Crippen molar-refractivity contribution in [3.05, 3.63) is 41.7 Å². The molecule has 0 radical (unpaired) electrons. The highest BCUT2D eigenvalue weighted by molar-refractivity contribution is 5.95. The molecule has 2 amide bonds. The number of anilines is 1. The van der Waals surface area contributed by atoms with Crippen LogP contribution in [0.15, 0.2) is 36.2 Å². The van der Waals surface area contributed by atoms with E-state index in [0.29, 0.717) is 17.2 Å². The summed E-state index contributed by atoms with van der Waals surface area (Å²) < 4.78 is 0. The highest BCUT2D eigenvalue weighted by Gasteiger charge is 2.50. The van der Waals surface area contributed by atoms with Gasteiger partial charge in [0.05, 0.1) is 17.8 Å². The molecule has 4 N–H and O–H groups in total. The van der Waals surface area contributed by atoms with Gasteiger partial charge in [-0.3, -0.25) is 14.6 Å². The van der Waals surface area contributed by atoms with Crippen molar-refractivity contribution in [3.8, 4) is 6.07 Å².